The molecule has 2 aromatic carbocycles. The van der Waals surface area contributed by atoms with Crippen molar-refractivity contribution in [2.75, 3.05) is 25.5 Å². The van der Waals surface area contributed by atoms with Crippen LogP contribution in [0.15, 0.2) is 51.9 Å². The highest BCUT2D eigenvalue weighted by molar-refractivity contribution is 9.10. The number of nitrogen functional groups attached to an aromatic ring is 1. The van der Waals surface area contributed by atoms with Gasteiger partial charge in [0.15, 0.2) is 0 Å². The summed E-state index contributed by atoms with van der Waals surface area (Å²) < 4.78 is 13.2. The van der Waals surface area contributed by atoms with E-state index in [1.54, 1.807) is 12.1 Å². The molecular formula is C24H23BrN4O6. The predicted octanol–water partition coefficient (Wildman–Crippen LogP) is 2.09. The third-order valence-electron chi connectivity index (χ3n) is 6.26. The minimum Gasteiger partial charge on any atom is -0.390 e. The molecule has 3 heterocycles. The molecule has 10 nitrogen and oxygen atoms in total. The molecule has 3 atom stereocenters. The average Bonchev–Trinajstić information content (AvgIpc) is 3.21. The molecule has 0 unspecified atom stereocenters. The Labute approximate surface area is 208 Å². The van der Waals surface area contributed by atoms with Crippen LogP contribution in [-0.4, -0.2) is 63.3 Å². The molecule has 0 bridgehead atoms. The van der Waals surface area contributed by atoms with Gasteiger partial charge in [-0.3, -0.25) is 19.1 Å². The van der Waals surface area contributed by atoms with Crippen LogP contribution >= 0.6 is 15.9 Å². The topological polar surface area (TPSA) is 137 Å². The van der Waals surface area contributed by atoms with Gasteiger partial charge < -0.3 is 20.3 Å². The van der Waals surface area contributed by atoms with Crippen LogP contribution in [0.4, 0.5) is 5.82 Å². The molecular weight excluding hydrogens is 520 g/mol. The van der Waals surface area contributed by atoms with Crippen LogP contribution in [0.1, 0.15) is 39.8 Å². The zero-order valence-electron chi connectivity index (χ0n) is 18.6. The van der Waals surface area contributed by atoms with Gasteiger partial charge in [0.2, 0.25) is 0 Å². The molecule has 2 aliphatic rings. The number of carbonyl (C=O) groups excluding carboxylic acids is 2. The molecule has 1 aromatic heterocycles. The first-order chi connectivity index (χ1) is 16.8. The summed E-state index contributed by atoms with van der Waals surface area (Å²) in [4.78, 5) is 43.0. The number of nitrogens with two attached hydrogens (primary N) is 1. The number of ether oxygens (including phenoxy) is 2. The van der Waals surface area contributed by atoms with Crippen molar-refractivity contribution >= 4 is 44.3 Å². The SMILES string of the molecule is Nc1nc(=O)n([C@H]2C[C@H](O)[C@@H](COCCCN3C(=O)c4cccc5cccc(c45)C3=O)O2)cc1Br. The Hall–Kier alpha value is -3.12. The molecule has 182 valence electrons. The Morgan fingerprint density at radius 1 is 1.14 bits per heavy atom. The summed E-state index contributed by atoms with van der Waals surface area (Å²) in [5, 5.41) is 11.9. The summed E-state index contributed by atoms with van der Waals surface area (Å²) in [7, 11) is 0. The summed E-state index contributed by atoms with van der Waals surface area (Å²) in [5.41, 5.74) is 6.09. The predicted molar refractivity (Wildman–Crippen MR) is 130 cm³/mol. The fourth-order valence-corrected chi connectivity index (χ4v) is 4.82. The summed E-state index contributed by atoms with van der Waals surface area (Å²) in [6.45, 7) is 0.564. The van der Waals surface area contributed by atoms with Crippen molar-refractivity contribution in [3.05, 3.63) is 68.7 Å². The van der Waals surface area contributed by atoms with Gasteiger partial charge in [0, 0.05) is 42.3 Å². The van der Waals surface area contributed by atoms with Crippen molar-refractivity contribution in [3.8, 4) is 0 Å². The maximum absolute atomic E-state index is 12.9. The second-order valence-corrected chi connectivity index (χ2v) is 9.35. The second kappa shape index (κ2) is 9.50. The maximum Gasteiger partial charge on any atom is 0.351 e. The number of rotatable bonds is 7. The number of aliphatic hydroxyl groups is 1. The minimum atomic E-state index is -0.828. The molecule has 0 spiro atoms. The number of benzene rings is 2. The van der Waals surface area contributed by atoms with Crippen LogP contribution in [0.25, 0.3) is 10.8 Å². The monoisotopic (exact) mass is 542 g/mol. The van der Waals surface area contributed by atoms with Gasteiger partial charge >= 0.3 is 5.69 Å². The Bertz CT molecular complexity index is 1330. The first kappa shape index (κ1) is 23.6. The van der Waals surface area contributed by atoms with E-state index >= 15 is 0 Å². The van der Waals surface area contributed by atoms with E-state index in [-0.39, 0.29) is 43.8 Å². The van der Waals surface area contributed by atoms with Crippen molar-refractivity contribution in [1.29, 1.82) is 0 Å². The number of hydrogen-bond donors (Lipinski definition) is 2. The van der Waals surface area contributed by atoms with Crippen LogP contribution in [0.2, 0.25) is 0 Å². The molecule has 0 aliphatic carbocycles. The third-order valence-corrected chi connectivity index (χ3v) is 6.87. The molecule has 3 aromatic rings. The minimum absolute atomic E-state index is 0.0792. The first-order valence-electron chi connectivity index (χ1n) is 11.2. The van der Waals surface area contributed by atoms with E-state index in [2.05, 4.69) is 20.9 Å². The Morgan fingerprint density at radius 2 is 1.83 bits per heavy atom. The average molecular weight is 543 g/mol. The molecule has 2 aliphatic heterocycles. The lowest BCUT2D eigenvalue weighted by Gasteiger charge is -2.27. The number of hydrogen-bond acceptors (Lipinski definition) is 8. The Morgan fingerprint density at radius 3 is 2.51 bits per heavy atom. The molecule has 2 amide bonds. The van der Waals surface area contributed by atoms with E-state index < -0.39 is 24.1 Å². The third kappa shape index (κ3) is 4.36. The van der Waals surface area contributed by atoms with Crippen molar-refractivity contribution in [3.63, 3.8) is 0 Å². The number of aromatic nitrogens is 2. The highest BCUT2D eigenvalue weighted by atomic mass is 79.9. The number of anilines is 1. The van der Waals surface area contributed by atoms with Gasteiger partial charge in [0.25, 0.3) is 11.8 Å². The molecule has 11 heteroatoms. The molecule has 35 heavy (non-hydrogen) atoms. The summed E-state index contributed by atoms with van der Waals surface area (Å²) in [5.74, 6) is -0.550. The maximum atomic E-state index is 12.9. The van der Waals surface area contributed by atoms with Gasteiger partial charge in [0.05, 0.1) is 17.2 Å². The van der Waals surface area contributed by atoms with Gasteiger partial charge in [-0.15, -0.1) is 0 Å². The first-order valence-corrected chi connectivity index (χ1v) is 12.0. The number of nitrogens with zero attached hydrogens (tertiary/aromatic N) is 3. The number of aliphatic hydroxyl groups excluding tert-OH is 1. The van der Waals surface area contributed by atoms with E-state index in [9.17, 15) is 19.5 Å². The molecule has 0 saturated carbocycles. The molecule has 0 radical (unpaired) electrons. The lowest BCUT2D eigenvalue weighted by molar-refractivity contribution is -0.0639. The Balaban J connectivity index is 1.15. The van der Waals surface area contributed by atoms with Gasteiger partial charge in [-0.1, -0.05) is 24.3 Å². The molecule has 5 rings (SSSR count). The van der Waals surface area contributed by atoms with Crippen LogP contribution in [0.3, 0.4) is 0 Å². The number of halogens is 1. The fourth-order valence-electron chi connectivity index (χ4n) is 4.51. The fraction of sp³-hybridized carbons (Fsp3) is 0.333. The van der Waals surface area contributed by atoms with E-state index in [0.29, 0.717) is 27.4 Å². The van der Waals surface area contributed by atoms with Gasteiger partial charge in [0.1, 0.15) is 18.1 Å². The molecule has 3 N–H and O–H groups in total. The van der Waals surface area contributed by atoms with Crippen LogP contribution in [0.5, 0.6) is 0 Å². The quantitative estimate of drug-likeness (QED) is 0.342. The summed E-state index contributed by atoms with van der Waals surface area (Å²) in [6.07, 6.45) is -0.0428. The summed E-state index contributed by atoms with van der Waals surface area (Å²) >= 11 is 3.23. The van der Waals surface area contributed by atoms with Gasteiger partial charge in [-0.25, -0.2) is 4.79 Å². The van der Waals surface area contributed by atoms with E-state index in [1.807, 2.05) is 24.3 Å². The zero-order chi connectivity index (χ0) is 24.7. The second-order valence-electron chi connectivity index (χ2n) is 8.50. The zero-order valence-corrected chi connectivity index (χ0v) is 20.2. The molecule has 1 saturated heterocycles. The number of imide groups is 1. The van der Waals surface area contributed by atoms with Crippen molar-refractivity contribution in [1.82, 2.24) is 14.5 Å². The lowest BCUT2D eigenvalue weighted by Crippen LogP contribution is -2.41. The van der Waals surface area contributed by atoms with Crippen LogP contribution < -0.4 is 11.4 Å². The molecule has 1 fully saturated rings. The normalized spacial score (nSPS) is 21.8. The van der Waals surface area contributed by atoms with Crippen molar-refractivity contribution < 1.29 is 24.2 Å². The van der Waals surface area contributed by atoms with Crippen molar-refractivity contribution in [2.45, 2.75) is 31.3 Å². The van der Waals surface area contributed by atoms with E-state index in [1.165, 1.54) is 15.7 Å². The Kier molecular flexibility index (Phi) is 6.41. The lowest BCUT2D eigenvalue weighted by atomic mass is 9.94. The highest BCUT2D eigenvalue weighted by Crippen LogP contribution is 2.31. The smallest absolute Gasteiger partial charge is 0.351 e. The largest absolute Gasteiger partial charge is 0.390 e. The van der Waals surface area contributed by atoms with Gasteiger partial charge in [-0.2, -0.15) is 4.98 Å². The van der Waals surface area contributed by atoms with E-state index in [4.69, 9.17) is 15.2 Å². The number of carbonyl (C=O) groups is 2. The number of amides is 2. The van der Waals surface area contributed by atoms with E-state index in [0.717, 1.165) is 5.39 Å². The summed E-state index contributed by atoms with van der Waals surface area (Å²) in [6, 6.07) is 10.9. The van der Waals surface area contributed by atoms with Gasteiger partial charge in [-0.05, 0) is 39.9 Å². The van der Waals surface area contributed by atoms with Crippen LogP contribution in [-0.2, 0) is 9.47 Å². The highest BCUT2D eigenvalue weighted by Gasteiger charge is 2.36. The standard InChI is InChI=1S/C24H23BrN4O6/c25-16-11-29(24(33)27-21(16)26)19-10-17(30)18(35-19)12-34-9-3-8-28-22(31)14-6-1-4-13-5-2-7-15(20(13)14)23(28)32/h1-2,4-7,11,17-19,30H,3,8-10,12H2,(H2,26,27,33)/t17-,18+,19+/m0/s1. The van der Waals surface area contributed by atoms with Crippen molar-refractivity contribution in [2.24, 2.45) is 0 Å². The van der Waals surface area contributed by atoms with Crippen LogP contribution in [0, 0.1) is 0 Å².